The summed E-state index contributed by atoms with van der Waals surface area (Å²) >= 11 is 0. The van der Waals surface area contributed by atoms with Crippen LogP contribution in [0, 0.1) is 11.8 Å². The van der Waals surface area contributed by atoms with Crippen LogP contribution in [0.25, 0.3) is 0 Å². The van der Waals surface area contributed by atoms with E-state index < -0.39 is 11.7 Å². The Hall–Kier alpha value is -0.600. The highest BCUT2D eigenvalue weighted by atomic mass is 19.1. The summed E-state index contributed by atoms with van der Waals surface area (Å²) in [7, 11) is 0. The van der Waals surface area contributed by atoms with E-state index in [4.69, 9.17) is 5.73 Å². The first kappa shape index (κ1) is 7.07. The highest BCUT2D eigenvalue weighted by Crippen LogP contribution is 2.56. The monoisotopic (exact) mass is 156 g/mol. The van der Waals surface area contributed by atoms with Crippen LogP contribution in [0.15, 0.2) is 4.99 Å². The number of amidine groups is 1. The number of nitrogens with zero attached hydrogens (tertiary/aromatic N) is 1. The molecule has 0 aromatic carbocycles. The standard InChI is InChI=1S/C8H13FN2/c1-4-3-5(10)11-8(2)6(4)7(8)9/h4,6-7H,3H2,1-2H3,(H2,10,11). The van der Waals surface area contributed by atoms with Crippen molar-refractivity contribution in [1.29, 1.82) is 0 Å². The molecule has 0 saturated heterocycles. The molecule has 3 heteroatoms. The van der Waals surface area contributed by atoms with Crippen molar-refractivity contribution in [2.75, 3.05) is 0 Å². The Morgan fingerprint density at radius 2 is 2.36 bits per heavy atom. The van der Waals surface area contributed by atoms with Gasteiger partial charge in [-0.2, -0.15) is 0 Å². The minimum atomic E-state index is -0.751. The summed E-state index contributed by atoms with van der Waals surface area (Å²) in [6.07, 6.45) is 0.0132. The van der Waals surface area contributed by atoms with Gasteiger partial charge in [0.15, 0.2) is 0 Å². The first-order valence-electron chi connectivity index (χ1n) is 4.04. The van der Waals surface area contributed by atoms with Gasteiger partial charge in [-0.15, -0.1) is 0 Å². The lowest BCUT2D eigenvalue weighted by molar-refractivity contribution is 0.394. The number of fused-ring (bicyclic) bond motifs is 1. The van der Waals surface area contributed by atoms with E-state index in [0.29, 0.717) is 11.8 Å². The van der Waals surface area contributed by atoms with Gasteiger partial charge < -0.3 is 5.73 Å². The van der Waals surface area contributed by atoms with Gasteiger partial charge in [-0.05, 0) is 12.8 Å². The molecule has 1 fully saturated rings. The summed E-state index contributed by atoms with van der Waals surface area (Å²) in [5.41, 5.74) is 5.12. The first-order valence-corrected chi connectivity index (χ1v) is 4.04. The Balaban J connectivity index is 2.30. The Kier molecular flexibility index (Phi) is 1.13. The van der Waals surface area contributed by atoms with Crippen LogP contribution < -0.4 is 5.73 Å². The molecule has 62 valence electrons. The van der Waals surface area contributed by atoms with E-state index >= 15 is 0 Å². The number of aliphatic imine (C=N–C) groups is 1. The van der Waals surface area contributed by atoms with Crippen molar-refractivity contribution in [3.8, 4) is 0 Å². The lowest BCUT2D eigenvalue weighted by Crippen LogP contribution is -2.26. The molecular weight excluding hydrogens is 143 g/mol. The van der Waals surface area contributed by atoms with Crippen LogP contribution in [0.2, 0.25) is 0 Å². The molecule has 2 aliphatic rings. The fraction of sp³-hybridized carbons (Fsp3) is 0.875. The van der Waals surface area contributed by atoms with Gasteiger partial charge in [0.25, 0.3) is 0 Å². The van der Waals surface area contributed by atoms with E-state index in [-0.39, 0.29) is 5.92 Å². The smallest absolute Gasteiger partial charge is 0.131 e. The molecule has 2 rings (SSSR count). The van der Waals surface area contributed by atoms with Gasteiger partial charge in [0.1, 0.15) is 6.17 Å². The quantitative estimate of drug-likeness (QED) is 0.560. The Labute approximate surface area is 65.7 Å². The molecule has 0 bridgehead atoms. The zero-order valence-electron chi connectivity index (χ0n) is 6.84. The maximum atomic E-state index is 13.1. The highest BCUT2D eigenvalue weighted by molar-refractivity contribution is 5.82. The topological polar surface area (TPSA) is 38.4 Å². The third-order valence-corrected chi connectivity index (χ3v) is 2.97. The zero-order valence-corrected chi connectivity index (χ0v) is 6.84. The predicted octanol–water partition coefficient (Wildman–Crippen LogP) is 1.11. The van der Waals surface area contributed by atoms with Crippen LogP contribution in [-0.2, 0) is 0 Å². The minimum absolute atomic E-state index is 0.134. The third kappa shape index (κ3) is 0.739. The molecule has 1 aliphatic carbocycles. The molecule has 0 aromatic heterocycles. The number of hydrogen-bond acceptors (Lipinski definition) is 2. The summed E-state index contributed by atoms with van der Waals surface area (Å²) in [4.78, 5) is 4.14. The second-order valence-corrected chi connectivity index (χ2v) is 3.94. The van der Waals surface area contributed by atoms with Crippen molar-refractivity contribution in [3.63, 3.8) is 0 Å². The second-order valence-electron chi connectivity index (χ2n) is 3.94. The van der Waals surface area contributed by atoms with Crippen molar-refractivity contribution in [2.24, 2.45) is 22.6 Å². The predicted molar refractivity (Wildman–Crippen MR) is 42.2 cm³/mol. The molecule has 2 N–H and O–H groups in total. The molecule has 0 radical (unpaired) electrons. The first-order chi connectivity index (χ1) is 5.05. The van der Waals surface area contributed by atoms with Crippen LogP contribution in [-0.4, -0.2) is 17.5 Å². The van der Waals surface area contributed by atoms with Gasteiger partial charge in [0, 0.05) is 12.3 Å². The molecule has 1 saturated carbocycles. The third-order valence-electron chi connectivity index (χ3n) is 2.97. The molecule has 0 aromatic rings. The van der Waals surface area contributed by atoms with Gasteiger partial charge >= 0.3 is 0 Å². The van der Waals surface area contributed by atoms with Crippen molar-refractivity contribution < 1.29 is 4.39 Å². The minimum Gasteiger partial charge on any atom is -0.387 e. The van der Waals surface area contributed by atoms with Crippen LogP contribution in [0.5, 0.6) is 0 Å². The number of alkyl halides is 1. The molecule has 1 heterocycles. The largest absolute Gasteiger partial charge is 0.387 e. The number of nitrogens with two attached hydrogens (primary N) is 1. The number of rotatable bonds is 0. The van der Waals surface area contributed by atoms with Crippen molar-refractivity contribution in [2.45, 2.75) is 32.0 Å². The Morgan fingerprint density at radius 1 is 1.73 bits per heavy atom. The molecule has 4 unspecified atom stereocenters. The summed E-state index contributed by atoms with van der Waals surface area (Å²) in [6, 6.07) is 0. The fourth-order valence-electron chi connectivity index (χ4n) is 2.29. The fourth-order valence-corrected chi connectivity index (χ4v) is 2.29. The summed E-state index contributed by atoms with van der Waals surface area (Å²) in [5.74, 6) is 1.12. The SMILES string of the molecule is CC1CC(N)=NC2(C)C(F)C12. The van der Waals surface area contributed by atoms with Crippen molar-refractivity contribution >= 4 is 5.84 Å². The summed E-state index contributed by atoms with van der Waals surface area (Å²) in [5, 5.41) is 0. The van der Waals surface area contributed by atoms with E-state index in [9.17, 15) is 4.39 Å². The van der Waals surface area contributed by atoms with E-state index in [1.54, 1.807) is 0 Å². The second kappa shape index (κ2) is 1.76. The van der Waals surface area contributed by atoms with Crippen molar-refractivity contribution in [1.82, 2.24) is 0 Å². The van der Waals surface area contributed by atoms with Crippen LogP contribution >= 0.6 is 0 Å². The molecule has 0 amide bonds. The molecule has 4 atom stereocenters. The van der Waals surface area contributed by atoms with Gasteiger partial charge in [-0.3, -0.25) is 4.99 Å². The number of halogens is 1. The summed E-state index contributed by atoms with van der Waals surface area (Å²) < 4.78 is 13.1. The van der Waals surface area contributed by atoms with Gasteiger partial charge in [-0.25, -0.2) is 4.39 Å². The molecular formula is C8H13FN2. The van der Waals surface area contributed by atoms with E-state index in [2.05, 4.69) is 4.99 Å². The average molecular weight is 156 g/mol. The maximum Gasteiger partial charge on any atom is 0.131 e. The van der Waals surface area contributed by atoms with E-state index in [1.165, 1.54) is 0 Å². The normalized spacial score (nSPS) is 54.8. The lowest BCUT2D eigenvalue weighted by atomic mass is 9.96. The Morgan fingerprint density at radius 3 is 2.91 bits per heavy atom. The molecule has 1 aliphatic heterocycles. The Bertz CT molecular complexity index is 226. The average Bonchev–Trinajstić information content (AvgIpc) is 2.33. The van der Waals surface area contributed by atoms with Crippen LogP contribution in [0.1, 0.15) is 20.3 Å². The van der Waals surface area contributed by atoms with Crippen LogP contribution in [0.4, 0.5) is 4.39 Å². The lowest BCUT2D eigenvalue weighted by Gasteiger charge is -2.18. The summed E-state index contributed by atoms with van der Waals surface area (Å²) in [6.45, 7) is 3.90. The molecule has 11 heavy (non-hydrogen) atoms. The van der Waals surface area contributed by atoms with E-state index in [0.717, 1.165) is 6.42 Å². The van der Waals surface area contributed by atoms with Crippen molar-refractivity contribution in [3.05, 3.63) is 0 Å². The molecule has 2 nitrogen and oxygen atoms in total. The van der Waals surface area contributed by atoms with Gasteiger partial charge in [0.05, 0.1) is 11.4 Å². The maximum absolute atomic E-state index is 13.1. The highest BCUT2D eigenvalue weighted by Gasteiger charge is 2.66. The number of hydrogen-bond donors (Lipinski definition) is 1. The van der Waals surface area contributed by atoms with Gasteiger partial charge in [-0.1, -0.05) is 6.92 Å². The molecule has 0 spiro atoms. The van der Waals surface area contributed by atoms with Gasteiger partial charge in [0.2, 0.25) is 0 Å². The van der Waals surface area contributed by atoms with Crippen LogP contribution in [0.3, 0.4) is 0 Å². The van der Waals surface area contributed by atoms with E-state index in [1.807, 2.05) is 13.8 Å². The zero-order chi connectivity index (χ0) is 8.22.